The molecule has 0 radical (unpaired) electrons. The molecule has 0 bridgehead atoms. The van der Waals surface area contributed by atoms with E-state index in [1.54, 1.807) is 26.8 Å². The summed E-state index contributed by atoms with van der Waals surface area (Å²) in [5.74, 6) is -1.30. The third kappa shape index (κ3) is 2.55. The van der Waals surface area contributed by atoms with Gasteiger partial charge in [0, 0.05) is 5.38 Å². The molecule has 0 aliphatic rings. The van der Waals surface area contributed by atoms with Gasteiger partial charge in [0.15, 0.2) is 0 Å². The molecule has 0 spiro atoms. The Morgan fingerprint density at radius 2 is 1.87 bits per heavy atom. The SMILES string of the molecule is Cc1nc(-c2c(C(F)(F)F)oc3c(C)c(C)ccc3c2=O)cs1. The molecule has 7 heteroatoms. The van der Waals surface area contributed by atoms with Crippen LogP contribution in [0.1, 0.15) is 21.9 Å². The van der Waals surface area contributed by atoms with Crippen LogP contribution in [0.25, 0.3) is 22.2 Å². The van der Waals surface area contributed by atoms with E-state index in [-0.39, 0.29) is 16.7 Å². The fraction of sp³-hybridized carbons (Fsp3) is 0.250. The molecule has 0 fully saturated rings. The molecule has 0 saturated heterocycles. The quantitative estimate of drug-likeness (QED) is 0.636. The summed E-state index contributed by atoms with van der Waals surface area (Å²) in [6, 6.07) is 3.18. The monoisotopic (exact) mass is 339 g/mol. The normalized spacial score (nSPS) is 12.1. The molecular formula is C16H12F3NO2S. The van der Waals surface area contributed by atoms with Crippen molar-refractivity contribution < 1.29 is 17.6 Å². The zero-order chi connectivity index (χ0) is 16.9. The Morgan fingerprint density at radius 3 is 2.43 bits per heavy atom. The van der Waals surface area contributed by atoms with Crippen LogP contribution in [0.4, 0.5) is 13.2 Å². The highest BCUT2D eigenvalue weighted by atomic mass is 32.1. The van der Waals surface area contributed by atoms with E-state index in [0.717, 1.165) is 5.56 Å². The average molecular weight is 339 g/mol. The van der Waals surface area contributed by atoms with Gasteiger partial charge in [0.2, 0.25) is 11.2 Å². The first-order valence-corrected chi connectivity index (χ1v) is 7.65. The number of hydrogen-bond acceptors (Lipinski definition) is 4. The maximum absolute atomic E-state index is 13.4. The molecular weight excluding hydrogens is 327 g/mol. The van der Waals surface area contributed by atoms with Crippen molar-refractivity contribution in [3.8, 4) is 11.3 Å². The van der Waals surface area contributed by atoms with Crippen LogP contribution in [0.2, 0.25) is 0 Å². The summed E-state index contributed by atoms with van der Waals surface area (Å²) in [6.45, 7) is 5.05. The second-order valence-corrected chi connectivity index (χ2v) is 6.33. The maximum Gasteiger partial charge on any atom is 0.450 e. The standard InChI is InChI=1S/C16H12F3NO2S/c1-7-4-5-10-13(21)12(11-6-23-9(3)20-11)15(16(17,18)19)22-14(10)8(7)2/h4-6H,1-3H3. The fourth-order valence-electron chi connectivity index (χ4n) is 2.40. The van der Waals surface area contributed by atoms with Crippen LogP contribution in [0, 0.1) is 20.8 Å². The Kier molecular flexibility index (Phi) is 3.55. The van der Waals surface area contributed by atoms with Crippen LogP contribution in [0.3, 0.4) is 0 Å². The van der Waals surface area contributed by atoms with Crippen LogP contribution in [0.15, 0.2) is 26.7 Å². The van der Waals surface area contributed by atoms with Crippen LogP contribution < -0.4 is 5.43 Å². The van der Waals surface area contributed by atoms with Gasteiger partial charge in [-0.05, 0) is 38.0 Å². The molecule has 2 heterocycles. The molecule has 0 aliphatic heterocycles. The van der Waals surface area contributed by atoms with Gasteiger partial charge in [0.1, 0.15) is 5.58 Å². The first kappa shape index (κ1) is 15.7. The molecule has 23 heavy (non-hydrogen) atoms. The Morgan fingerprint density at radius 1 is 1.17 bits per heavy atom. The molecule has 3 rings (SSSR count). The van der Waals surface area contributed by atoms with Crippen LogP contribution in [0.5, 0.6) is 0 Å². The van der Waals surface area contributed by atoms with E-state index >= 15 is 0 Å². The van der Waals surface area contributed by atoms with Gasteiger partial charge < -0.3 is 4.42 Å². The maximum atomic E-state index is 13.4. The third-order valence-electron chi connectivity index (χ3n) is 3.71. The van der Waals surface area contributed by atoms with Crippen molar-refractivity contribution in [3.05, 3.63) is 49.6 Å². The van der Waals surface area contributed by atoms with Gasteiger partial charge in [-0.2, -0.15) is 13.2 Å². The number of fused-ring (bicyclic) bond motifs is 1. The number of aryl methyl sites for hydroxylation is 3. The zero-order valence-electron chi connectivity index (χ0n) is 12.5. The van der Waals surface area contributed by atoms with Crippen molar-refractivity contribution in [2.24, 2.45) is 0 Å². The van der Waals surface area contributed by atoms with Gasteiger partial charge in [-0.15, -0.1) is 11.3 Å². The molecule has 3 aromatic rings. The van der Waals surface area contributed by atoms with Gasteiger partial charge in [-0.25, -0.2) is 4.98 Å². The minimum atomic E-state index is -4.78. The number of benzene rings is 1. The molecule has 0 saturated carbocycles. The van der Waals surface area contributed by atoms with Crippen LogP contribution in [-0.4, -0.2) is 4.98 Å². The molecule has 120 valence electrons. The molecule has 2 aromatic heterocycles. The Hall–Kier alpha value is -2.15. The Labute approximate surface area is 133 Å². The molecule has 0 unspecified atom stereocenters. The minimum Gasteiger partial charge on any atom is -0.450 e. The number of alkyl halides is 3. The predicted octanol–water partition coefficient (Wildman–Crippen LogP) is 4.86. The number of hydrogen-bond donors (Lipinski definition) is 0. The van der Waals surface area contributed by atoms with E-state index in [4.69, 9.17) is 4.42 Å². The fourth-order valence-corrected chi connectivity index (χ4v) is 3.01. The second-order valence-electron chi connectivity index (χ2n) is 5.27. The van der Waals surface area contributed by atoms with Gasteiger partial charge in [-0.3, -0.25) is 4.79 Å². The van der Waals surface area contributed by atoms with Gasteiger partial charge in [0.25, 0.3) is 0 Å². The lowest BCUT2D eigenvalue weighted by Gasteiger charge is -2.13. The zero-order valence-corrected chi connectivity index (χ0v) is 13.4. The smallest absolute Gasteiger partial charge is 0.450 e. The van der Waals surface area contributed by atoms with E-state index in [1.165, 1.54) is 22.8 Å². The molecule has 1 aromatic carbocycles. The lowest BCUT2D eigenvalue weighted by atomic mass is 10.0. The summed E-state index contributed by atoms with van der Waals surface area (Å²) >= 11 is 1.18. The van der Waals surface area contributed by atoms with Crippen molar-refractivity contribution in [2.45, 2.75) is 26.9 Å². The van der Waals surface area contributed by atoms with Crippen molar-refractivity contribution in [2.75, 3.05) is 0 Å². The molecule has 0 atom stereocenters. The first-order valence-electron chi connectivity index (χ1n) is 6.77. The first-order chi connectivity index (χ1) is 10.7. The average Bonchev–Trinajstić information content (AvgIpc) is 2.88. The summed E-state index contributed by atoms with van der Waals surface area (Å²) in [5, 5.41) is 2.14. The van der Waals surface area contributed by atoms with E-state index in [0.29, 0.717) is 10.6 Å². The molecule has 0 N–H and O–H groups in total. The van der Waals surface area contributed by atoms with Gasteiger partial charge >= 0.3 is 6.18 Å². The summed E-state index contributed by atoms with van der Waals surface area (Å²) in [4.78, 5) is 16.7. The Balaban J connectivity index is 2.50. The molecule has 0 amide bonds. The van der Waals surface area contributed by atoms with Crippen molar-refractivity contribution in [1.29, 1.82) is 0 Å². The van der Waals surface area contributed by atoms with Gasteiger partial charge in [0.05, 0.1) is 21.7 Å². The summed E-state index contributed by atoms with van der Waals surface area (Å²) in [6.07, 6.45) is -4.78. The van der Waals surface area contributed by atoms with Crippen LogP contribution >= 0.6 is 11.3 Å². The highest BCUT2D eigenvalue weighted by Gasteiger charge is 2.40. The lowest BCUT2D eigenvalue weighted by Crippen LogP contribution is -2.16. The summed E-state index contributed by atoms with van der Waals surface area (Å²) in [7, 11) is 0. The number of thiazole rings is 1. The largest absolute Gasteiger partial charge is 0.450 e. The van der Waals surface area contributed by atoms with Gasteiger partial charge in [-0.1, -0.05) is 6.07 Å². The predicted molar refractivity (Wildman–Crippen MR) is 82.8 cm³/mol. The second kappa shape index (κ2) is 5.19. The summed E-state index contributed by atoms with van der Waals surface area (Å²) < 4.78 is 45.4. The van der Waals surface area contributed by atoms with E-state index in [9.17, 15) is 18.0 Å². The van der Waals surface area contributed by atoms with Crippen molar-refractivity contribution in [1.82, 2.24) is 4.98 Å². The van der Waals surface area contributed by atoms with Crippen molar-refractivity contribution >= 4 is 22.3 Å². The van der Waals surface area contributed by atoms with E-state index in [1.807, 2.05) is 0 Å². The minimum absolute atomic E-state index is 0.00583. The van der Waals surface area contributed by atoms with Crippen LogP contribution in [-0.2, 0) is 6.18 Å². The Bertz CT molecular complexity index is 970. The molecule has 3 nitrogen and oxygen atoms in total. The number of halogens is 3. The highest BCUT2D eigenvalue weighted by Crippen LogP contribution is 2.38. The number of nitrogens with zero attached hydrogens (tertiary/aromatic N) is 1. The third-order valence-corrected chi connectivity index (χ3v) is 4.49. The number of rotatable bonds is 1. The van der Waals surface area contributed by atoms with E-state index in [2.05, 4.69) is 4.98 Å². The number of aromatic nitrogens is 1. The highest BCUT2D eigenvalue weighted by molar-refractivity contribution is 7.09. The van der Waals surface area contributed by atoms with E-state index < -0.39 is 22.9 Å². The topological polar surface area (TPSA) is 43.1 Å². The summed E-state index contributed by atoms with van der Waals surface area (Å²) in [5.41, 5.74) is -0.00607. The van der Waals surface area contributed by atoms with Crippen molar-refractivity contribution in [3.63, 3.8) is 0 Å². The lowest BCUT2D eigenvalue weighted by molar-refractivity contribution is -0.152. The molecule has 0 aliphatic carbocycles.